The van der Waals surface area contributed by atoms with Crippen molar-refractivity contribution in [1.29, 1.82) is 0 Å². The van der Waals surface area contributed by atoms with Gasteiger partial charge in [0.1, 0.15) is 6.54 Å². The van der Waals surface area contributed by atoms with Crippen LogP contribution in [-0.4, -0.2) is 20.4 Å². The van der Waals surface area contributed by atoms with Crippen LogP contribution in [0.5, 0.6) is 0 Å². The first-order valence-electron chi connectivity index (χ1n) is 8.23. The molecule has 0 saturated carbocycles. The number of pyridine rings is 1. The molecule has 1 amide bonds. The molecule has 0 unspecified atom stereocenters. The molecule has 0 saturated heterocycles. The SMILES string of the molecule is O=C(Cn1cnc(-c2ccc(C(F)(F)F)cc2)cc1=O)NCc1ccccn1. The fourth-order valence-electron chi connectivity index (χ4n) is 2.43. The number of hydrogen-bond donors (Lipinski definition) is 1. The molecule has 9 heteroatoms. The van der Waals surface area contributed by atoms with Crippen LogP contribution in [0, 0.1) is 0 Å². The Morgan fingerprint density at radius 2 is 1.82 bits per heavy atom. The maximum absolute atomic E-state index is 12.6. The molecule has 1 aromatic carbocycles. The van der Waals surface area contributed by atoms with E-state index in [2.05, 4.69) is 15.3 Å². The molecule has 0 aliphatic carbocycles. The van der Waals surface area contributed by atoms with Gasteiger partial charge in [-0.1, -0.05) is 18.2 Å². The van der Waals surface area contributed by atoms with Gasteiger partial charge in [0.15, 0.2) is 0 Å². The first-order chi connectivity index (χ1) is 13.3. The lowest BCUT2D eigenvalue weighted by Crippen LogP contribution is -2.32. The van der Waals surface area contributed by atoms with Crippen LogP contribution in [0.1, 0.15) is 11.3 Å². The van der Waals surface area contributed by atoms with E-state index >= 15 is 0 Å². The Kier molecular flexibility index (Phi) is 5.53. The molecule has 3 rings (SSSR count). The highest BCUT2D eigenvalue weighted by Gasteiger charge is 2.30. The van der Waals surface area contributed by atoms with E-state index in [1.807, 2.05) is 0 Å². The number of amides is 1. The number of hydrogen-bond acceptors (Lipinski definition) is 4. The van der Waals surface area contributed by atoms with Gasteiger partial charge in [0.05, 0.1) is 29.8 Å². The molecule has 0 fully saturated rings. The van der Waals surface area contributed by atoms with Gasteiger partial charge >= 0.3 is 6.18 Å². The molecule has 1 N–H and O–H groups in total. The van der Waals surface area contributed by atoms with E-state index in [0.717, 1.165) is 16.7 Å². The van der Waals surface area contributed by atoms with Gasteiger partial charge in [-0.15, -0.1) is 0 Å². The summed E-state index contributed by atoms with van der Waals surface area (Å²) in [7, 11) is 0. The molecule has 0 aliphatic rings. The fraction of sp³-hybridized carbons (Fsp3) is 0.158. The highest BCUT2D eigenvalue weighted by Crippen LogP contribution is 2.30. The number of carbonyl (C=O) groups excluding carboxylic acids is 1. The predicted molar refractivity (Wildman–Crippen MR) is 95.0 cm³/mol. The average Bonchev–Trinajstić information content (AvgIpc) is 2.68. The van der Waals surface area contributed by atoms with Crippen molar-refractivity contribution in [3.05, 3.63) is 82.7 Å². The van der Waals surface area contributed by atoms with Crippen LogP contribution in [0.2, 0.25) is 0 Å². The second-order valence-electron chi connectivity index (χ2n) is 5.91. The lowest BCUT2D eigenvalue weighted by molar-refractivity contribution is -0.137. The molecule has 0 radical (unpaired) electrons. The maximum Gasteiger partial charge on any atom is 0.416 e. The van der Waals surface area contributed by atoms with Gasteiger partial charge in [-0.25, -0.2) is 4.98 Å². The Hall–Kier alpha value is -3.49. The second-order valence-corrected chi connectivity index (χ2v) is 5.91. The van der Waals surface area contributed by atoms with Crippen molar-refractivity contribution in [2.24, 2.45) is 0 Å². The quantitative estimate of drug-likeness (QED) is 0.729. The fourth-order valence-corrected chi connectivity index (χ4v) is 2.43. The molecular weight excluding hydrogens is 373 g/mol. The Morgan fingerprint density at radius 3 is 2.43 bits per heavy atom. The van der Waals surface area contributed by atoms with E-state index < -0.39 is 23.2 Å². The van der Waals surface area contributed by atoms with Crippen LogP contribution in [0.15, 0.2) is 65.8 Å². The van der Waals surface area contributed by atoms with Crippen molar-refractivity contribution in [1.82, 2.24) is 19.9 Å². The monoisotopic (exact) mass is 388 g/mol. The molecule has 2 aromatic heterocycles. The number of carbonyl (C=O) groups is 1. The number of nitrogens with one attached hydrogen (secondary N) is 1. The van der Waals surface area contributed by atoms with Gasteiger partial charge < -0.3 is 5.32 Å². The van der Waals surface area contributed by atoms with Crippen molar-refractivity contribution in [3.8, 4) is 11.3 Å². The number of halogens is 3. The van der Waals surface area contributed by atoms with E-state index in [9.17, 15) is 22.8 Å². The zero-order valence-corrected chi connectivity index (χ0v) is 14.5. The van der Waals surface area contributed by atoms with Crippen LogP contribution in [0.4, 0.5) is 13.2 Å². The lowest BCUT2D eigenvalue weighted by atomic mass is 10.1. The smallest absolute Gasteiger partial charge is 0.349 e. The minimum atomic E-state index is -4.43. The summed E-state index contributed by atoms with van der Waals surface area (Å²) in [5, 5.41) is 2.65. The molecule has 6 nitrogen and oxygen atoms in total. The summed E-state index contributed by atoms with van der Waals surface area (Å²) >= 11 is 0. The molecule has 144 valence electrons. The average molecular weight is 388 g/mol. The van der Waals surface area contributed by atoms with Crippen molar-refractivity contribution in [2.45, 2.75) is 19.3 Å². The van der Waals surface area contributed by atoms with Gasteiger partial charge in [-0.3, -0.25) is 19.1 Å². The molecule has 2 heterocycles. The van der Waals surface area contributed by atoms with Gasteiger partial charge in [-0.05, 0) is 24.3 Å². The summed E-state index contributed by atoms with van der Waals surface area (Å²) < 4.78 is 39.0. The minimum Gasteiger partial charge on any atom is -0.349 e. The van der Waals surface area contributed by atoms with E-state index in [1.165, 1.54) is 24.5 Å². The number of alkyl halides is 3. The minimum absolute atomic E-state index is 0.226. The summed E-state index contributed by atoms with van der Waals surface area (Å²) in [6, 6.07) is 10.8. The summed E-state index contributed by atoms with van der Waals surface area (Å²) in [6.07, 6.45) is -1.64. The zero-order chi connectivity index (χ0) is 20.1. The molecule has 0 spiro atoms. The molecule has 3 aromatic rings. The number of aromatic nitrogens is 3. The Morgan fingerprint density at radius 1 is 1.07 bits per heavy atom. The van der Waals surface area contributed by atoms with E-state index in [4.69, 9.17) is 0 Å². The number of rotatable bonds is 5. The van der Waals surface area contributed by atoms with Crippen LogP contribution in [0.3, 0.4) is 0 Å². The van der Waals surface area contributed by atoms with E-state index in [0.29, 0.717) is 11.3 Å². The topological polar surface area (TPSA) is 76.9 Å². The summed E-state index contributed by atoms with van der Waals surface area (Å²) in [5.74, 6) is -0.392. The van der Waals surface area contributed by atoms with Gasteiger partial charge in [-0.2, -0.15) is 13.2 Å². The molecular formula is C19H15F3N4O2. The lowest BCUT2D eigenvalue weighted by Gasteiger charge is -2.09. The largest absolute Gasteiger partial charge is 0.416 e. The summed E-state index contributed by atoms with van der Waals surface area (Å²) in [4.78, 5) is 32.3. The number of benzene rings is 1. The van der Waals surface area contributed by atoms with Gasteiger partial charge in [0.2, 0.25) is 5.91 Å². The summed E-state index contributed by atoms with van der Waals surface area (Å²) in [6.45, 7) is -0.00253. The van der Waals surface area contributed by atoms with Crippen molar-refractivity contribution in [2.75, 3.05) is 0 Å². The highest BCUT2D eigenvalue weighted by atomic mass is 19.4. The highest BCUT2D eigenvalue weighted by molar-refractivity contribution is 5.75. The normalized spacial score (nSPS) is 11.2. The molecule has 0 atom stereocenters. The molecule has 0 aliphatic heterocycles. The van der Waals surface area contributed by atoms with Crippen molar-refractivity contribution in [3.63, 3.8) is 0 Å². The van der Waals surface area contributed by atoms with Crippen molar-refractivity contribution < 1.29 is 18.0 Å². The zero-order valence-electron chi connectivity index (χ0n) is 14.5. The molecule has 28 heavy (non-hydrogen) atoms. The Balaban J connectivity index is 1.67. The maximum atomic E-state index is 12.6. The molecule has 0 bridgehead atoms. The third-order valence-electron chi connectivity index (χ3n) is 3.89. The van der Waals surface area contributed by atoms with Crippen LogP contribution < -0.4 is 10.9 Å². The van der Waals surface area contributed by atoms with Crippen molar-refractivity contribution >= 4 is 5.91 Å². The van der Waals surface area contributed by atoms with E-state index in [1.54, 1.807) is 24.4 Å². The van der Waals surface area contributed by atoms with Crippen LogP contribution in [-0.2, 0) is 24.1 Å². The standard InChI is InChI=1S/C19H15F3N4O2/c20-19(21,22)14-6-4-13(5-7-14)16-9-18(28)26(12-25-16)11-17(27)24-10-15-3-1-2-8-23-15/h1-9,12H,10-11H2,(H,24,27). The van der Waals surface area contributed by atoms with Crippen LogP contribution >= 0.6 is 0 Å². The van der Waals surface area contributed by atoms with Gasteiger partial charge in [0, 0.05) is 17.8 Å². The Bertz CT molecular complexity index is 1020. The predicted octanol–water partition coefficient (Wildman–Crippen LogP) is 2.64. The second kappa shape index (κ2) is 8.03. The number of nitrogens with zero attached hydrogens (tertiary/aromatic N) is 3. The van der Waals surface area contributed by atoms with Crippen LogP contribution in [0.25, 0.3) is 11.3 Å². The van der Waals surface area contributed by atoms with Gasteiger partial charge in [0.25, 0.3) is 5.56 Å². The first kappa shape index (κ1) is 19.3. The first-order valence-corrected chi connectivity index (χ1v) is 8.23. The summed E-state index contributed by atoms with van der Waals surface area (Å²) in [5.41, 5.74) is 0.00625. The Labute approximate surface area is 157 Å². The third kappa shape index (κ3) is 4.81. The third-order valence-corrected chi connectivity index (χ3v) is 3.89. The van der Waals surface area contributed by atoms with E-state index in [-0.39, 0.29) is 18.8 Å².